The van der Waals surface area contributed by atoms with Gasteiger partial charge in [0.15, 0.2) is 0 Å². The molecule has 0 spiro atoms. The molecule has 6 nitrogen and oxygen atoms in total. The second kappa shape index (κ2) is 5.73. The topological polar surface area (TPSA) is 86.9 Å². The van der Waals surface area contributed by atoms with Gasteiger partial charge in [0.05, 0.1) is 10.9 Å². The van der Waals surface area contributed by atoms with E-state index in [0.717, 1.165) is 18.1 Å². The Labute approximate surface area is 166 Å². The number of hydrazone groups is 1. The van der Waals surface area contributed by atoms with Gasteiger partial charge < -0.3 is 5.11 Å². The van der Waals surface area contributed by atoms with Gasteiger partial charge in [-0.05, 0) is 36.7 Å². The zero-order chi connectivity index (χ0) is 19.7. The zero-order valence-corrected chi connectivity index (χ0v) is 16.9. The molecule has 2 aromatic rings. The van der Waals surface area contributed by atoms with E-state index in [2.05, 4.69) is 41.3 Å². The maximum atomic E-state index is 12.4. The van der Waals surface area contributed by atoms with E-state index in [1.54, 1.807) is 6.07 Å². The van der Waals surface area contributed by atoms with Crippen LogP contribution in [0.25, 0.3) is 5.57 Å². The SMILES string of the molecule is CC12CCC(CC1=NNc1nc(O)c(C3=c4ccccc4=NC3=O)s1)C2(C)C. The van der Waals surface area contributed by atoms with Crippen molar-refractivity contribution < 1.29 is 9.90 Å². The normalized spacial score (nSPS) is 28.7. The first-order valence-electron chi connectivity index (χ1n) is 9.57. The van der Waals surface area contributed by atoms with Crippen LogP contribution in [0.5, 0.6) is 5.88 Å². The Hall–Kier alpha value is -2.54. The molecule has 2 bridgehead atoms. The lowest BCUT2D eigenvalue weighted by molar-refractivity contribution is -0.112. The highest BCUT2D eigenvalue weighted by atomic mass is 32.1. The standard InChI is InChI=1S/C21H22N4O2S/c1-20(2)11-8-9-21(20,3)14(10-11)24-25-19-23-18(27)16(28-19)15-12-6-4-5-7-13(12)22-17(15)26/h4-7,11,27H,8-10H2,1-3H3,(H,23,25). The lowest BCUT2D eigenvalue weighted by Gasteiger charge is -2.34. The molecule has 144 valence electrons. The Morgan fingerprint density at radius 3 is 2.79 bits per heavy atom. The van der Waals surface area contributed by atoms with Crippen molar-refractivity contribution in [2.24, 2.45) is 26.8 Å². The first-order valence-corrected chi connectivity index (χ1v) is 10.4. The molecule has 0 saturated heterocycles. The van der Waals surface area contributed by atoms with Crippen LogP contribution in [-0.2, 0) is 4.79 Å². The second-order valence-corrected chi connectivity index (χ2v) is 9.64. The summed E-state index contributed by atoms with van der Waals surface area (Å²) in [5.41, 5.74) is 4.97. The summed E-state index contributed by atoms with van der Waals surface area (Å²) in [6.45, 7) is 6.98. The van der Waals surface area contributed by atoms with Crippen LogP contribution in [0.3, 0.4) is 0 Å². The van der Waals surface area contributed by atoms with Crippen molar-refractivity contribution in [2.75, 3.05) is 5.43 Å². The first kappa shape index (κ1) is 17.6. The molecule has 1 aromatic heterocycles. The average molecular weight is 395 g/mol. The van der Waals surface area contributed by atoms with Crippen LogP contribution in [0.15, 0.2) is 34.4 Å². The minimum Gasteiger partial charge on any atom is -0.492 e. The van der Waals surface area contributed by atoms with E-state index in [1.165, 1.54) is 23.5 Å². The summed E-state index contributed by atoms with van der Waals surface area (Å²) in [6, 6.07) is 7.32. The maximum absolute atomic E-state index is 12.4. The molecule has 0 radical (unpaired) electrons. The smallest absolute Gasteiger partial charge is 0.279 e. The van der Waals surface area contributed by atoms with E-state index < -0.39 is 0 Å². The van der Waals surface area contributed by atoms with Crippen LogP contribution in [0.1, 0.15) is 44.9 Å². The number of aromatic hydroxyl groups is 1. The number of aromatic nitrogens is 1. The number of hydrogen-bond donors (Lipinski definition) is 2. The largest absolute Gasteiger partial charge is 0.492 e. The number of anilines is 1. The third-order valence-electron chi connectivity index (χ3n) is 7.24. The highest BCUT2D eigenvalue weighted by molar-refractivity contribution is 7.17. The molecule has 2 aliphatic carbocycles. The summed E-state index contributed by atoms with van der Waals surface area (Å²) < 4.78 is 0. The Bertz CT molecular complexity index is 1160. The molecule has 2 atom stereocenters. The number of rotatable bonds is 3. The number of nitrogens with zero attached hydrogens (tertiary/aromatic N) is 3. The summed E-state index contributed by atoms with van der Waals surface area (Å²) in [7, 11) is 0. The van der Waals surface area contributed by atoms with Gasteiger partial charge in [0.25, 0.3) is 5.91 Å². The molecule has 5 rings (SSSR count). The Morgan fingerprint density at radius 2 is 2.07 bits per heavy atom. The number of benzene rings is 1. The van der Waals surface area contributed by atoms with Gasteiger partial charge in [0.1, 0.15) is 4.88 Å². The van der Waals surface area contributed by atoms with Crippen LogP contribution in [0, 0.1) is 16.7 Å². The van der Waals surface area contributed by atoms with Crippen LogP contribution in [0.4, 0.5) is 5.13 Å². The fraction of sp³-hybridized carbons (Fsp3) is 0.429. The number of fused-ring (bicyclic) bond motifs is 3. The predicted molar refractivity (Wildman–Crippen MR) is 109 cm³/mol. The lowest BCUT2D eigenvalue weighted by atomic mass is 9.70. The van der Waals surface area contributed by atoms with Crippen LogP contribution in [0.2, 0.25) is 0 Å². The van der Waals surface area contributed by atoms with Gasteiger partial charge in [-0.15, -0.1) is 0 Å². The zero-order valence-electron chi connectivity index (χ0n) is 16.1. The number of amides is 1. The summed E-state index contributed by atoms with van der Waals surface area (Å²) in [5, 5.41) is 16.9. The number of hydrogen-bond acceptors (Lipinski definition) is 6. The Kier molecular flexibility index (Phi) is 3.59. The highest BCUT2D eigenvalue weighted by Gasteiger charge is 2.60. The molecule has 1 aliphatic heterocycles. The van der Waals surface area contributed by atoms with Crippen molar-refractivity contribution in [1.82, 2.24) is 4.98 Å². The molecule has 1 amide bonds. The van der Waals surface area contributed by atoms with Crippen molar-refractivity contribution in [1.29, 1.82) is 0 Å². The van der Waals surface area contributed by atoms with E-state index in [4.69, 9.17) is 0 Å². The average Bonchev–Trinajstić information content (AvgIpc) is 3.29. The Morgan fingerprint density at radius 1 is 1.29 bits per heavy atom. The third-order valence-corrected chi connectivity index (χ3v) is 8.21. The van der Waals surface area contributed by atoms with Gasteiger partial charge in [0, 0.05) is 16.3 Å². The van der Waals surface area contributed by atoms with Gasteiger partial charge in [-0.3, -0.25) is 10.2 Å². The highest BCUT2D eigenvalue weighted by Crippen LogP contribution is 2.64. The van der Waals surface area contributed by atoms with Gasteiger partial charge in [-0.1, -0.05) is 50.3 Å². The predicted octanol–water partition coefficient (Wildman–Crippen LogP) is 2.82. The fourth-order valence-electron chi connectivity index (χ4n) is 5.02. The minimum absolute atomic E-state index is 0.0980. The lowest BCUT2D eigenvalue weighted by Crippen LogP contribution is -2.32. The van der Waals surface area contributed by atoms with Crippen molar-refractivity contribution in [3.05, 3.63) is 39.7 Å². The molecule has 2 N–H and O–H groups in total. The summed E-state index contributed by atoms with van der Waals surface area (Å²) in [5.74, 6) is 0.158. The van der Waals surface area contributed by atoms with Crippen LogP contribution < -0.4 is 16.0 Å². The monoisotopic (exact) mass is 394 g/mol. The number of thiazole rings is 1. The van der Waals surface area contributed by atoms with E-state index in [-0.39, 0.29) is 22.6 Å². The maximum Gasteiger partial charge on any atom is 0.279 e. The number of carbonyl (C=O) groups is 1. The van der Waals surface area contributed by atoms with E-state index in [9.17, 15) is 9.90 Å². The summed E-state index contributed by atoms with van der Waals surface area (Å²) in [4.78, 5) is 21.1. The second-order valence-electron chi connectivity index (χ2n) is 8.64. The Balaban J connectivity index is 1.48. The van der Waals surface area contributed by atoms with Crippen LogP contribution >= 0.6 is 11.3 Å². The van der Waals surface area contributed by atoms with Gasteiger partial charge in [-0.2, -0.15) is 10.1 Å². The molecular weight excluding hydrogens is 372 g/mol. The molecule has 28 heavy (non-hydrogen) atoms. The van der Waals surface area contributed by atoms with E-state index in [1.807, 2.05) is 18.2 Å². The molecule has 2 saturated carbocycles. The number of nitrogens with one attached hydrogen (secondary N) is 1. The molecule has 1 aromatic carbocycles. The van der Waals surface area contributed by atoms with Gasteiger partial charge >= 0.3 is 0 Å². The molecule has 3 aliphatic rings. The van der Waals surface area contributed by atoms with Crippen molar-refractivity contribution in [3.8, 4) is 5.88 Å². The van der Waals surface area contributed by atoms with Crippen molar-refractivity contribution in [3.63, 3.8) is 0 Å². The number of para-hydroxylation sites is 1. The molecule has 7 heteroatoms. The van der Waals surface area contributed by atoms with Crippen molar-refractivity contribution >= 4 is 33.7 Å². The van der Waals surface area contributed by atoms with Crippen LogP contribution in [-0.4, -0.2) is 21.7 Å². The quantitative estimate of drug-likeness (QED) is 0.784. The van der Waals surface area contributed by atoms with E-state index in [0.29, 0.717) is 26.9 Å². The number of carbonyl (C=O) groups excluding carboxylic acids is 1. The molecular formula is C21H22N4O2S. The summed E-state index contributed by atoms with van der Waals surface area (Å²) >= 11 is 1.23. The fourth-order valence-corrected chi connectivity index (χ4v) is 5.87. The van der Waals surface area contributed by atoms with Gasteiger partial charge in [-0.25, -0.2) is 4.99 Å². The molecule has 2 unspecified atom stereocenters. The minimum atomic E-state index is -0.347. The molecule has 2 heterocycles. The van der Waals surface area contributed by atoms with E-state index >= 15 is 0 Å². The van der Waals surface area contributed by atoms with Gasteiger partial charge in [0.2, 0.25) is 11.0 Å². The first-order chi connectivity index (χ1) is 13.3. The summed E-state index contributed by atoms with van der Waals surface area (Å²) in [6.07, 6.45) is 3.42. The molecule has 2 fully saturated rings. The third kappa shape index (κ3) is 2.25. The van der Waals surface area contributed by atoms with Crippen molar-refractivity contribution in [2.45, 2.75) is 40.0 Å².